The highest BCUT2D eigenvalue weighted by Crippen LogP contribution is 2.43. The topological polar surface area (TPSA) is 111 Å². The third kappa shape index (κ3) is 5.35. The lowest BCUT2D eigenvalue weighted by Crippen LogP contribution is -2.52. The first-order chi connectivity index (χ1) is 19.1. The zero-order valence-corrected chi connectivity index (χ0v) is 23.6. The van der Waals surface area contributed by atoms with Crippen molar-refractivity contribution in [3.8, 4) is 5.75 Å². The highest BCUT2D eigenvalue weighted by atomic mass is 16.5. The van der Waals surface area contributed by atoms with Gasteiger partial charge in [-0.05, 0) is 62.3 Å². The van der Waals surface area contributed by atoms with Crippen LogP contribution in [0.25, 0.3) is 0 Å². The Kier molecular flexibility index (Phi) is 7.45. The minimum Gasteiger partial charge on any atom is -0.488 e. The minimum atomic E-state index is -0.611. The van der Waals surface area contributed by atoms with Crippen molar-refractivity contribution in [1.29, 1.82) is 0 Å². The van der Waals surface area contributed by atoms with Crippen molar-refractivity contribution in [3.05, 3.63) is 89.5 Å². The van der Waals surface area contributed by atoms with E-state index in [9.17, 15) is 9.59 Å². The maximum absolute atomic E-state index is 13.7. The number of hydrogen-bond donors (Lipinski definition) is 1. The molecule has 8 heteroatoms. The number of rotatable bonds is 8. The fraction of sp³-hybridized carbons (Fsp3) is 0.406. The second-order valence-corrected chi connectivity index (χ2v) is 11.5. The van der Waals surface area contributed by atoms with Gasteiger partial charge in [0.1, 0.15) is 17.7 Å². The molecule has 1 aromatic heterocycles. The first-order valence-electron chi connectivity index (χ1n) is 14.0. The van der Waals surface area contributed by atoms with E-state index < -0.39 is 11.6 Å². The number of fused-ring (bicyclic) bond motifs is 1. The number of para-hydroxylation sites is 1. The van der Waals surface area contributed by atoms with Crippen molar-refractivity contribution in [2.45, 2.75) is 82.9 Å². The number of guanidine groups is 1. The van der Waals surface area contributed by atoms with Crippen LogP contribution >= 0.6 is 0 Å². The predicted octanol–water partition coefficient (Wildman–Crippen LogP) is 5.59. The number of benzene rings is 2. The van der Waals surface area contributed by atoms with E-state index in [0.717, 1.165) is 36.1 Å². The van der Waals surface area contributed by atoms with Gasteiger partial charge in [-0.3, -0.25) is 14.5 Å². The zero-order chi connectivity index (χ0) is 28.5. The lowest BCUT2D eigenvalue weighted by atomic mass is 9.80. The number of carbonyl (C=O) groups excluding carboxylic acids is 2. The Bertz CT molecular complexity index is 1430. The Morgan fingerprint density at radius 2 is 1.80 bits per heavy atom. The van der Waals surface area contributed by atoms with E-state index in [0.29, 0.717) is 17.5 Å². The third-order valence-electron chi connectivity index (χ3n) is 8.26. The fourth-order valence-corrected chi connectivity index (χ4v) is 6.07. The quantitative estimate of drug-likeness (QED) is 0.374. The number of Topliss-reactive ketones (excluding diaryl/α,β-unsaturated/α-hetero) is 1. The van der Waals surface area contributed by atoms with Gasteiger partial charge in [-0.15, -0.1) is 0 Å². The predicted molar refractivity (Wildman–Crippen MR) is 154 cm³/mol. The van der Waals surface area contributed by atoms with Crippen molar-refractivity contribution < 1.29 is 14.3 Å². The summed E-state index contributed by atoms with van der Waals surface area (Å²) in [6, 6.07) is 14.8. The molecule has 2 aromatic carbocycles. The van der Waals surface area contributed by atoms with Gasteiger partial charge in [-0.1, -0.05) is 50.2 Å². The molecule has 0 radical (unpaired) electrons. The molecule has 2 N–H and O–H groups in total. The summed E-state index contributed by atoms with van der Waals surface area (Å²) in [6.07, 6.45) is 7.60. The molecule has 0 fully saturated rings. The van der Waals surface area contributed by atoms with E-state index in [-0.39, 0.29) is 35.6 Å². The number of amides is 1. The Balaban J connectivity index is 1.50. The molecule has 0 spiro atoms. The molecule has 3 heterocycles. The summed E-state index contributed by atoms with van der Waals surface area (Å²) in [4.78, 5) is 42.1. The van der Waals surface area contributed by atoms with E-state index in [1.54, 1.807) is 12.4 Å². The molecule has 208 valence electrons. The van der Waals surface area contributed by atoms with Crippen molar-refractivity contribution in [2.75, 3.05) is 0 Å². The second kappa shape index (κ2) is 10.8. The number of nitrogens with zero attached hydrogens (tertiary/aromatic N) is 4. The van der Waals surface area contributed by atoms with Crippen LogP contribution < -0.4 is 10.5 Å². The van der Waals surface area contributed by atoms with E-state index >= 15 is 0 Å². The Morgan fingerprint density at radius 3 is 2.50 bits per heavy atom. The van der Waals surface area contributed by atoms with E-state index in [2.05, 4.69) is 23.8 Å². The highest BCUT2D eigenvalue weighted by Gasteiger charge is 2.41. The molecule has 2 aliphatic rings. The van der Waals surface area contributed by atoms with Crippen molar-refractivity contribution >= 4 is 17.6 Å². The summed E-state index contributed by atoms with van der Waals surface area (Å²) in [6.45, 7) is 8.17. The van der Waals surface area contributed by atoms with Gasteiger partial charge in [-0.2, -0.15) is 0 Å². The average Bonchev–Trinajstić information content (AvgIpc) is 2.94. The van der Waals surface area contributed by atoms with Crippen LogP contribution in [0.3, 0.4) is 0 Å². The Labute approximate surface area is 235 Å². The van der Waals surface area contributed by atoms with Gasteiger partial charge in [0.05, 0.1) is 18.0 Å². The lowest BCUT2D eigenvalue weighted by molar-refractivity contribution is -0.131. The number of ketones is 1. The molecule has 2 unspecified atom stereocenters. The average molecular weight is 540 g/mol. The molecule has 40 heavy (non-hydrogen) atoms. The number of hydrogen-bond acceptors (Lipinski definition) is 7. The van der Waals surface area contributed by atoms with Crippen LogP contribution in [0.4, 0.5) is 0 Å². The minimum absolute atomic E-state index is 0.0324. The van der Waals surface area contributed by atoms with Gasteiger partial charge in [0, 0.05) is 29.9 Å². The van der Waals surface area contributed by atoms with E-state index in [1.807, 2.05) is 62.4 Å². The maximum Gasteiger partial charge on any atom is 0.232 e. The monoisotopic (exact) mass is 539 g/mol. The van der Waals surface area contributed by atoms with Gasteiger partial charge in [-0.25, -0.2) is 15.0 Å². The van der Waals surface area contributed by atoms with Crippen molar-refractivity contribution in [2.24, 2.45) is 10.7 Å². The van der Waals surface area contributed by atoms with Crippen LogP contribution in [-0.4, -0.2) is 43.7 Å². The summed E-state index contributed by atoms with van der Waals surface area (Å²) in [7, 11) is 0. The summed E-state index contributed by atoms with van der Waals surface area (Å²) in [5.41, 5.74) is 8.72. The summed E-state index contributed by atoms with van der Waals surface area (Å²) < 4.78 is 6.17. The highest BCUT2D eigenvalue weighted by molar-refractivity contribution is 6.00. The number of ether oxygens (including phenoxy) is 1. The van der Waals surface area contributed by atoms with Crippen LogP contribution in [0.15, 0.2) is 72.2 Å². The number of nitrogens with two attached hydrogens (primary N) is 1. The van der Waals surface area contributed by atoms with Gasteiger partial charge < -0.3 is 10.5 Å². The maximum atomic E-state index is 13.7. The Morgan fingerprint density at radius 1 is 1.07 bits per heavy atom. The summed E-state index contributed by atoms with van der Waals surface area (Å²) in [5, 5.41) is 0. The van der Waals surface area contributed by atoms with Crippen LogP contribution in [-0.2, 0) is 4.79 Å². The lowest BCUT2D eigenvalue weighted by Gasteiger charge is -2.40. The van der Waals surface area contributed by atoms with Gasteiger partial charge >= 0.3 is 0 Å². The number of aliphatic imine (C=N–C) groups is 1. The SMILES string of the molecule is CCC1(CC)CC(=O)N(C(c2cncnc2)c2cccc(C(=O)CC3CC(C)(C)Oc4ccccc43)c2)C(N)=N1. The van der Waals surface area contributed by atoms with E-state index in [1.165, 1.54) is 11.2 Å². The molecule has 2 aliphatic heterocycles. The third-order valence-corrected chi connectivity index (χ3v) is 8.26. The second-order valence-electron chi connectivity index (χ2n) is 11.5. The van der Waals surface area contributed by atoms with Crippen molar-refractivity contribution in [1.82, 2.24) is 14.9 Å². The fourth-order valence-electron chi connectivity index (χ4n) is 6.07. The number of carbonyl (C=O) groups is 2. The summed E-state index contributed by atoms with van der Waals surface area (Å²) >= 11 is 0. The normalized spacial score (nSPS) is 20.2. The number of aromatic nitrogens is 2. The molecule has 0 saturated carbocycles. The standard InChI is InChI=1S/C32H37N5O3/c1-5-32(6-2)17-28(39)37(30(33)36-32)29(24-18-34-20-35-19-24)22-11-9-10-21(14-22)26(38)15-23-16-31(3,4)40-27-13-8-7-12-25(23)27/h7-14,18-20,23,29H,5-6,15-17H2,1-4H3,(H2,33,36). The molecule has 1 amide bonds. The molecule has 3 aromatic rings. The molecular formula is C32H37N5O3. The smallest absolute Gasteiger partial charge is 0.232 e. The molecule has 0 saturated heterocycles. The molecular weight excluding hydrogens is 502 g/mol. The first kappa shape index (κ1) is 27.5. The molecule has 8 nitrogen and oxygen atoms in total. The van der Waals surface area contributed by atoms with Crippen LogP contribution in [0.1, 0.15) is 98.8 Å². The van der Waals surface area contributed by atoms with Gasteiger partial charge in [0.15, 0.2) is 11.7 Å². The molecule has 5 rings (SSSR count). The first-order valence-corrected chi connectivity index (χ1v) is 14.0. The van der Waals surface area contributed by atoms with Crippen LogP contribution in [0.2, 0.25) is 0 Å². The Hall–Kier alpha value is -4.07. The van der Waals surface area contributed by atoms with Gasteiger partial charge in [0.25, 0.3) is 0 Å². The molecule has 2 atom stereocenters. The van der Waals surface area contributed by atoms with Crippen molar-refractivity contribution in [3.63, 3.8) is 0 Å². The van der Waals surface area contributed by atoms with Crippen LogP contribution in [0.5, 0.6) is 5.75 Å². The largest absolute Gasteiger partial charge is 0.488 e. The van der Waals surface area contributed by atoms with Crippen LogP contribution in [0, 0.1) is 0 Å². The zero-order valence-electron chi connectivity index (χ0n) is 23.6. The summed E-state index contributed by atoms with van der Waals surface area (Å²) in [5.74, 6) is 0.972. The van der Waals surface area contributed by atoms with Gasteiger partial charge in [0.2, 0.25) is 5.91 Å². The molecule has 0 bridgehead atoms. The van der Waals surface area contributed by atoms with E-state index in [4.69, 9.17) is 15.5 Å². The molecule has 0 aliphatic carbocycles.